The molecule has 0 saturated carbocycles. The van der Waals surface area contributed by atoms with Gasteiger partial charge in [0.15, 0.2) is 0 Å². The van der Waals surface area contributed by atoms with Gasteiger partial charge in [-0.3, -0.25) is 0 Å². The van der Waals surface area contributed by atoms with E-state index in [1.165, 1.54) is 0 Å². The van der Waals surface area contributed by atoms with E-state index in [-0.39, 0.29) is 5.75 Å². The van der Waals surface area contributed by atoms with E-state index in [0.717, 1.165) is 16.7 Å². The molecule has 0 aliphatic heterocycles. The summed E-state index contributed by atoms with van der Waals surface area (Å²) >= 11 is 0. The molecule has 7 nitrogen and oxygen atoms in total. The van der Waals surface area contributed by atoms with Crippen LogP contribution in [-0.2, 0) is 15.8 Å². The molecule has 1 heterocycles. The quantitative estimate of drug-likeness (QED) is 0.753. The summed E-state index contributed by atoms with van der Waals surface area (Å²) < 4.78 is 22.2. The Morgan fingerprint density at radius 1 is 1.00 bits per heavy atom. The Hall–Kier alpha value is -2.58. The van der Waals surface area contributed by atoms with E-state index >= 15 is 0 Å². The van der Waals surface area contributed by atoms with Crippen molar-refractivity contribution in [1.29, 1.82) is 0 Å². The molecule has 0 saturated heterocycles. The Morgan fingerprint density at radius 2 is 1.68 bits per heavy atom. The van der Waals surface area contributed by atoms with Gasteiger partial charge in [0, 0.05) is 5.56 Å². The Bertz CT molecular complexity index is 874. The lowest BCUT2D eigenvalue weighted by molar-refractivity contribution is 0.597. The lowest BCUT2D eigenvalue weighted by Gasteiger charge is -2.07. The molecule has 0 unspecified atom stereocenters. The fourth-order valence-electron chi connectivity index (χ4n) is 2.22. The van der Waals surface area contributed by atoms with Crippen molar-refractivity contribution >= 4 is 10.0 Å². The highest BCUT2D eigenvalue weighted by Crippen LogP contribution is 2.29. The molecule has 0 radical (unpaired) electrons. The molecule has 3 aromatic rings. The number of rotatable bonds is 4. The monoisotopic (exact) mass is 315 g/mol. The van der Waals surface area contributed by atoms with E-state index in [9.17, 15) is 8.42 Å². The highest BCUT2D eigenvalue weighted by molar-refractivity contribution is 7.88. The van der Waals surface area contributed by atoms with Crippen LogP contribution in [0.4, 0.5) is 0 Å². The van der Waals surface area contributed by atoms with E-state index in [0.29, 0.717) is 11.4 Å². The van der Waals surface area contributed by atoms with Crippen LogP contribution in [0.25, 0.3) is 22.5 Å². The lowest BCUT2D eigenvalue weighted by Crippen LogP contribution is -2.14. The topological polar surface area (TPSA) is 115 Å². The van der Waals surface area contributed by atoms with Gasteiger partial charge in [-0.2, -0.15) is 5.21 Å². The van der Waals surface area contributed by atoms with E-state index in [2.05, 4.69) is 20.6 Å². The summed E-state index contributed by atoms with van der Waals surface area (Å²) in [4.78, 5) is 0. The second kappa shape index (κ2) is 5.66. The van der Waals surface area contributed by atoms with Gasteiger partial charge in [0.2, 0.25) is 15.8 Å². The SMILES string of the molecule is NS(=O)(=O)Cc1ccc(-c2ccccc2-c2nn[nH]n2)cc1. The zero-order valence-electron chi connectivity index (χ0n) is 11.5. The van der Waals surface area contributed by atoms with Crippen molar-refractivity contribution in [2.75, 3.05) is 0 Å². The Morgan fingerprint density at radius 3 is 2.27 bits per heavy atom. The average molecular weight is 315 g/mol. The molecule has 2 aromatic carbocycles. The number of sulfonamides is 1. The Labute approximate surface area is 127 Å². The molecule has 0 bridgehead atoms. The molecule has 0 spiro atoms. The number of aromatic nitrogens is 4. The number of H-pyrrole nitrogens is 1. The van der Waals surface area contributed by atoms with Crippen LogP contribution in [0.5, 0.6) is 0 Å². The van der Waals surface area contributed by atoms with Crippen molar-refractivity contribution in [3.63, 3.8) is 0 Å². The van der Waals surface area contributed by atoms with Crippen LogP contribution in [0.1, 0.15) is 5.56 Å². The minimum absolute atomic E-state index is 0.181. The normalized spacial score (nSPS) is 11.5. The van der Waals surface area contributed by atoms with Crippen LogP contribution in [0, 0.1) is 0 Å². The molecule has 0 amide bonds. The van der Waals surface area contributed by atoms with Gasteiger partial charge < -0.3 is 0 Å². The number of nitrogens with zero attached hydrogens (tertiary/aromatic N) is 3. The zero-order valence-corrected chi connectivity index (χ0v) is 12.3. The standard InChI is InChI=1S/C14H13N5O2S/c15-22(20,21)9-10-5-7-11(8-6-10)12-3-1-2-4-13(12)14-16-18-19-17-14/h1-8H,9H2,(H2,15,20,21)(H,16,17,18,19). The first-order chi connectivity index (χ1) is 10.5. The predicted molar refractivity (Wildman–Crippen MR) is 81.9 cm³/mol. The van der Waals surface area contributed by atoms with Crippen LogP contribution in [-0.4, -0.2) is 29.0 Å². The maximum atomic E-state index is 11.1. The lowest BCUT2D eigenvalue weighted by atomic mass is 9.98. The van der Waals surface area contributed by atoms with Crippen LogP contribution in [0.15, 0.2) is 48.5 Å². The first-order valence-corrected chi connectivity index (χ1v) is 8.17. The number of hydrogen-bond donors (Lipinski definition) is 2. The summed E-state index contributed by atoms with van der Waals surface area (Å²) in [7, 11) is -3.53. The zero-order chi connectivity index (χ0) is 15.6. The second-order valence-corrected chi connectivity index (χ2v) is 6.40. The number of nitrogens with two attached hydrogens (primary N) is 1. The smallest absolute Gasteiger partial charge is 0.213 e. The molecule has 3 rings (SSSR count). The summed E-state index contributed by atoms with van der Waals surface area (Å²) in [6.07, 6.45) is 0. The number of benzene rings is 2. The molecular weight excluding hydrogens is 302 g/mol. The summed E-state index contributed by atoms with van der Waals surface area (Å²) in [6, 6.07) is 14.8. The molecule has 8 heteroatoms. The van der Waals surface area contributed by atoms with Crippen LogP contribution >= 0.6 is 0 Å². The van der Waals surface area contributed by atoms with Crippen molar-refractivity contribution in [2.24, 2.45) is 5.14 Å². The highest BCUT2D eigenvalue weighted by atomic mass is 32.2. The van der Waals surface area contributed by atoms with Crippen molar-refractivity contribution in [3.05, 3.63) is 54.1 Å². The number of primary sulfonamides is 1. The van der Waals surface area contributed by atoms with Crippen molar-refractivity contribution in [1.82, 2.24) is 20.6 Å². The summed E-state index contributed by atoms with van der Waals surface area (Å²) in [5.74, 6) is 0.323. The third-order valence-electron chi connectivity index (χ3n) is 3.15. The molecule has 1 aromatic heterocycles. The third kappa shape index (κ3) is 3.18. The van der Waals surface area contributed by atoms with Gasteiger partial charge in [0.25, 0.3) is 0 Å². The van der Waals surface area contributed by atoms with Crippen LogP contribution < -0.4 is 5.14 Å². The van der Waals surface area contributed by atoms with Gasteiger partial charge in [-0.15, -0.1) is 10.2 Å². The van der Waals surface area contributed by atoms with Gasteiger partial charge >= 0.3 is 0 Å². The Kier molecular flexibility index (Phi) is 3.70. The third-order valence-corrected chi connectivity index (χ3v) is 3.88. The molecule has 112 valence electrons. The molecule has 3 N–H and O–H groups in total. The van der Waals surface area contributed by atoms with E-state index < -0.39 is 10.0 Å². The van der Waals surface area contributed by atoms with Crippen molar-refractivity contribution in [3.8, 4) is 22.5 Å². The van der Waals surface area contributed by atoms with Crippen LogP contribution in [0.3, 0.4) is 0 Å². The second-order valence-electron chi connectivity index (χ2n) is 4.79. The Balaban J connectivity index is 1.99. The summed E-state index contributed by atoms with van der Waals surface area (Å²) in [5.41, 5.74) is 3.35. The number of nitrogens with one attached hydrogen (secondary N) is 1. The van der Waals surface area contributed by atoms with Crippen molar-refractivity contribution in [2.45, 2.75) is 5.75 Å². The van der Waals surface area contributed by atoms with E-state index in [4.69, 9.17) is 5.14 Å². The number of aromatic amines is 1. The number of hydrogen-bond acceptors (Lipinski definition) is 5. The van der Waals surface area contributed by atoms with Gasteiger partial charge in [-0.25, -0.2) is 13.6 Å². The summed E-state index contributed by atoms with van der Waals surface area (Å²) in [5, 5.41) is 19.0. The van der Waals surface area contributed by atoms with E-state index in [1.54, 1.807) is 12.1 Å². The van der Waals surface area contributed by atoms with Gasteiger partial charge in [0.1, 0.15) is 0 Å². The first kappa shape index (κ1) is 14.4. The average Bonchev–Trinajstić information content (AvgIpc) is 3.00. The van der Waals surface area contributed by atoms with E-state index in [1.807, 2.05) is 36.4 Å². The van der Waals surface area contributed by atoms with Gasteiger partial charge in [-0.1, -0.05) is 48.5 Å². The minimum atomic E-state index is -3.53. The number of tetrazole rings is 1. The molecule has 0 fully saturated rings. The molecule has 0 aliphatic rings. The first-order valence-electron chi connectivity index (χ1n) is 6.45. The molecule has 0 aliphatic carbocycles. The molecule has 0 atom stereocenters. The van der Waals surface area contributed by atoms with Gasteiger partial charge in [0.05, 0.1) is 5.75 Å². The largest absolute Gasteiger partial charge is 0.228 e. The molecular formula is C14H13N5O2S. The fourth-order valence-corrected chi connectivity index (χ4v) is 2.88. The minimum Gasteiger partial charge on any atom is -0.228 e. The van der Waals surface area contributed by atoms with Crippen LogP contribution in [0.2, 0.25) is 0 Å². The summed E-state index contributed by atoms with van der Waals surface area (Å²) in [6.45, 7) is 0. The van der Waals surface area contributed by atoms with Gasteiger partial charge in [-0.05, 0) is 21.9 Å². The maximum Gasteiger partial charge on any atom is 0.213 e. The molecule has 22 heavy (non-hydrogen) atoms. The highest BCUT2D eigenvalue weighted by Gasteiger charge is 2.11. The van der Waals surface area contributed by atoms with Crippen molar-refractivity contribution < 1.29 is 8.42 Å². The fraction of sp³-hybridized carbons (Fsp3) is 0.0714. The predicted octanol–water partition coefficient (Wildman–Crippen LogP) is 1.32. The maximum absolute atomic E-state index is 11.1.